The van der Waals surface area contributed by atoms with Gasteiger partial charge in [-0.3, -0.25) is 9.89 Å². The number of aryl methyl sites for hydroxylation is 1. The number of carbonyl (C=O) groups excluding carboxylic acids is 1. The molecule has 0 atom stereocenters. The molecule has 1 aromatic carbocycles. The Bertz CT molecular complexity index is 664. The first-order valence-electron chi connectivity index (χ1n) is 6.26. The minimum atomic E-state index is -0.137. The fourth-order valence-electron chi connectivity index (χ4n) is 1.72. The third-order valence-electron chi connectivity index (χ3n) is 2.83. The number of nitrogens with zero attached hydrogens (tertiary/aromatic N) is 1. The predicted molar refractivity (Wildman–Crippen MR) is 76.9 cm³/mol. The van der Waals surface area contributed by atoms with Gasteiger partial charge in [0.05, 0.1) is 12.7 Å². The lowest BCUT2D eigenvalue weighted by Crippen LogP contribution is -2.22. The Balaban J connectivity index is 2.04. The molecular formula is C15H16N4O. The van der Waals surface area contributed by atoms with E-state index < -0.39 is 0 Å². The van der Waals surface area contributed by atoms with Crippen molar-refractivity contribution in [2.45, 2.75) is 13.5 Å². The van der Waals surface area contributed by atoms with Gasteiger partial charge in [-0.05, 0) is 25.1 Å². The molecule has 102 valence electrons. The van der Waals surface area contributed by atoms with E-state index in [0.29, 0.717) is 18.7 Å². The summed E-state index contributed by atoms with van der Waals surface area (Å²) in [7, 11) is 0. The van der Waals surface area contributed by atoms with Crippen LogP contribution in [0.5, 0.6) is 0 Å². The lowest BCUT2D eigenvalue weighted by Gasteiger charge is -2.05. The molecule has 0 saturated heterocycles. The number of hydrogen-bond donors (Lipinski definition) is 3. The maximum absolute atomic E-state index is 12.1. The van der Waals surface area contributed by atoms with E-state index in [1.807, 2.05) is 13.0 Å². The van der Waals surface area contributed by atoms with Crippen LogP contribution in [0.2, 0.25) is 0 Å². The minimum absolute atomic E-state index is 0.137. The van der Waals surface area contributed by atoms with Gasteiger partial charge in [0.25, 0.3) is 5.91 Å². The van der Waals surface area contributed by atoms with Crippen LogP contribution in [0.1, 0.15) is 27.2 Å². The van der Waals surface area contributed by atoms with Gasteiger partial charge in [0.15, 0.2) is 0 Å². The summed E-state index contributed by atoms with van der Waals surface area (Å²) in [5.74, 6) is 5.54. The van der Waals surface area contributed by atoms with E-state index in [1.54, 1.807) is 24.4 Å². The topological polar surface area (TPSA) is 83.8 Å². The molecule has 20 heavy (non-hydrogen) atoms. The van der Waals surface area contributed by atoms with Crippen molar-refractivity contribution in [1.29, 1.82) is 0 Å². The van der Waals surface area contributed by atoms with E-state index in [9.17, 15) is 4.79 Å². The fraction of sp³-hybridized carbons (Fsp3) is 0.200. The molecule has 0 unspecified atom stereocenters. The number of carbonyl (C=O) groups is 1. The molecular weight excluding hydrogens is 252 g/mol. The summed E-state index contributed by atoms with van der Waals surface area (Å²) >= 11 is 0. The van der Waals surface area contributed by atoms with Crippen molar-refractivity contribution >= 4 is 5.91 Å². The zero-order chi connectivity index (χ0) is 14.4. The number of nitrogens with one attached hydrogen (secondary N) is 2. The molecule has 0 aliphatic heterocycles. The molecule has 0 spiro atoms. The SMILES string of the molecule is Cc1[nH]ncc1CNC(=O)c1cccc(C#CCN)c1. The molecule has 0 radical (unpaired) electrons. The van der Waals surface area contributed by atoms with Crippen molar-refractivity contribution in [3.8, 4) is 11.8 Å². The van der Waals surface area contributed by atoms with E-state index in [2.05, 4.69) is 27.4 Å². The van der Waals surface area contributed by atoms with Crippen LogP contribution in [-0.4, -0.2) is 22.6 Å². The van der Waals surface area contributed by atoms with Crippen molar-refractivity contribution in [2.75, 3.05) is 6.54 Å². The standard InChI is InChI=1S/C15H16N4O/c1-11-14(10-18-19-11)9-17-15(20)13-6-2-4-12(8-13)5-3-7-16/h2,4,6,8,10H,7,9,16H2,1H3,(H,17,20)(H,18,19). The molecule has 1 amide bonds. The first-order chi connectivity index (χ1) is 9.70. The summed E-state index contributed by atoms with van der Waals surface area (Å²) < 4.78 is 0. The lowest BCUT2D eigenvalue weighted by atomic mass is 10.1. The van der Waals surface area contributed by atoms with Gasteiger partial charge in [-0.15, -0.1) is 0 Å². The van der Waals surface area contributed by atoms with Crippen molar-refractivity contribution in [2.24, 2.45) is 5.73 Å². The number of nitrogens with two attached hydrogens (primary N) is 1. The second-order valence-corrected chi connectivity index (χ2v) is 4.29. The summed E-state index contributed by atoms with van der Waals surface area (Å²) in [6, 6.07) is 7.16. The van der Waals surface area contributed by atoms with Crippen LogP contribution in [-0.2, 0) is 6.54 Å². The van der Waals surface area contributed by atoms with E-state index in [4.69, 9.17) is 5.73 Å². The minimum Gasteiger partial charge on any atom is -0.348 e. The van der Waals surface area contributed by atoms with Crippen LogP contribution in [0.25, 0.3) is 0 Å². The Hall–Kier alpha value is -2.58. The van der Waals surface area contributed by atoms with Crippen LogP contribution in [0.15, 0.2) is 30.5 Å². The quantitative estimate of drug-likeness (QED) is 0.725. The third-order valence-corrected chi connectivity index (χ3v) is 2.83. The molecule has 5 nitrogen and oxygen atoms in total. The van der Waals surface area contributed by atoms with Crippen LogP contribution in [0.4, 0.5) is 0 Å². The molecule has 2 aromatic rings. The highest BCUT2D eigenvalue weighted by molar-refractivity contribution is 5.94. The van der Waals surface area contributed by atoms with Crippen LogP contribution in [0.3, 0.4) is 0 Å². The second-order valence-electron chi connectivity index (χ2n) is 4.29. The predicted octanol–water partition coefficient (Wildman–Crippen LogP) is 0.958. The Morgan fingerprint density at radius 1 is 1.50 bits per heavy atom. The summed E-state index contributed by atoms with van der Waals surface area (Å²) in [5, 5.41) is 9.60. The first kappa shape index (κ1) is 13.8. The van der Waals surface area contributed by atoms with E-state index in [0.717, 1.165) is 16.8 Å². The fourth-order valence-corrected chi connectivity index (χ4v) is 1.72. The molecule has 5 heteroatoms. The van der Waals surface area contributed by atoms with Crippen molar-refractivity contribution in [3.63, 3.8) is 0 Å². The lowest BCUT2D eigenvalue weighted by molar-refractivity contribution is 0.0951. The Morgan fingerprint density at radius 3 is 3.05 bits per heavy atom. The van der Waals surface area contributed by atoms with E-state index in [1.165, 1.54) is 0 Å². The van der Waals surface area contributed by atoms with Gasteiger partial charge in [0.1, 0.15) is 0 Å². The van der Waals surface area contributed by atoms with Gasteiger partial charge < -0.3 is 11.1 Å². The third kappa shape index (κ3) is 3.46. The molecule has 0 saturated carbocycles. The summed E-state index contributed by atoms with van der Waals surface area (Å²) in [6.45, 7) is 2.66. The molecule has 0 bridgehead atoms. The van der Waals surface area contributed by atoms with Crippen molar-refractivity contribution in [1.82, 2.24) is 15.5 Å². The van der Waals surface area contributed by atoms with Crippen molar-refractivity contribution < 1.29 is 4.79 Å². The smallest absolute Gasteiger partial charge is 0.251 e. The number of amides is 1. The van der Waals surface area contributed by atoms with Gasteiger partial charge in [-0.2, -0.15) is 5.10 Å². The zero-order valence-corrected chi connectivity index (χ0v) is 11.2. The van der Waals surface area contributed by atoms with Gasteiger partial charge in [0, 0.05) is 28.9 Å². The maximum atomic E-state index is 12.1. The summed E-state index contributed by atoms with van der Waals surface area (Å²) in [5.41, 5.74) is 8.61. The number of aromatic nitrogens is 2. The highest BCUT2D eigenvalue weighted by Gasteiger charge is 2.07. The van der Waals surface area contributed by atoms with Gasteiger partial charge in [-0.1, -0.05) is 17.9 Å². The Kier molecular flexibility index (Phi) is 4.53. The number of benzene rings is 1. The average Bonchev–Trinajstić information content (AvgIpc) is 2.88. The second kappa shape index (κ2) is 6.55. The van der Waals surface area contributed by atoms with Gasteiger partial charge >= 0.3 is 0 Å². The molecule has 0 fully saturated rings. The molecule has 4 N–H and O–H groups in total. The largest absolute Gasteiger partial charge is 0.348 e. The van der Waals surface area contributed by atoms with E-state index >= 15 is 0 Å². The van der Waals surface area contributed by atoms with Gasteiger partial charge in [0.2, 0.25) is 0 Å². The Labute approximate surface area is 117 Å². The summed E-state index contributed by atoms with van der Waals surface area (Å²) in [6.07, 6.45) is 1.71. The molecule has 1 heterocycles. The van der Waals surface area contributed by atoms with Crippen LogP contribution < -0.4 is 11.1 Å². The van der Waals surface area contributed by atoms with Crippen LogP contribution >= 0.6 is 0 Å². The van der Waals surface area contributed by atoms with E-state index in [-0.39, 0.29) is 5.91 Å². The summed E-state index contributed by atoms with van der Waals surface area (Å²) in [4.78, 5) is 12.1. The monoisotopic (exact) mass is 268 g/mol. The Morgan fingerprint density at radius 2 is 2.35 bits per heavy atom. The van der Waals surface area contributed by atoms with Crippen LogP contribution in [0, 0.1) is 18.8 Å². The molecule has 0 aliphatic rings. The van der Waals surface area contributed by atoms with Gasteiger partial charge in [-0.25, -0.2) is 0 Å². The molecule has 2 rings (SSSR count). The zero-order valence-electron chi connectivity index (χ0n) is 11.2. The molecule has 0 aliphatic carbocycles. The first-order valence-corrected chi connectivity index (χ1v) is 6.26. The average molecular weight is 268 g/mol. The van der Waals surface area contributed by atoms with Crippen molar-refractivity contribution in [3.05, 3.63) is 52.8 Å². The normalized spacial score (nSPS) is 9.70. The highest BCUT2D eigenvalue weighted by atomic mass is 16.1. The number of H-pyrrole nitrogens is 1. The molecule has 1 aromatic heterocycles. The number of aromatic amines is 1. The number of hydrogen-bond acceptors (Lipinski definition) is 3. The number of rotatable bonds is 3. The maximum Gasteiger partial charge on any atom is 0.251 e. The highest BCUT2D eigenvalue weighted by Crippen LogP contribution is 2.06.